The van der Waals surface area contributed by atoms with E-state index in [0.717, 1.165) is 17.7 Å². The minimum Gasteiger partial charge on any atom is -0.497 e. The van der Waals surface area contributed by atoms with Gasteiger partial charge in [0.1, 0.15) is 5.75 Å². The highest BCUT2D eigenvalue weighted by Crippen LogP contribution is 2.24. The van der Waals surface area contributed by atoms with E-state index in [4.69, 9.17) is 4.74 Å². The molecule has 0 spiro atoms. The van der Waals surface area contributed by atoms with Gasteiger partial charge < -0.3 is 9.64 Å². The van der Waals surface area contributed by atoms with Crippen molar-refractivity contribution < 1.29 is 9.53 Å². The molecular weight excluding hydrogens is 274 g/mol. The van der Waals surface area contributed by atoms with Crippen molar-refractivity contribution in [1.29, 1.82) is 0 Å². The summed E-state index contributed by atoms with van der Waals surface area (Å²) in [5.41, 5.74) is 3.62. The number of benzene rings is 2. The third-order valence-electron chi connectivity index (χ3n) is 4.32. The minimum absolute atomic E-state index is 0.176. The van der Waals surface area contributed by atoms with Gasteiger partial charge in [-0.3, -0.25) is 4.79 Å². The van der Waals surface area contributed by atoms with Crippen LogP contribution >= 0.6 is 0 Å². The molecule has 1 aliphatic rings. The molecule has 0 radical (unpaired) electrons. The van der Waals surface area contributed by atoms with Gasteiger partial charge in [0.25, 0.3) is 0 Å². The monoisotopic (exact) mass is 295 g/mol. The number of hydrogen-bond donors (Lipinski definition) is 0. The Morgan fingerprint density at radius 2 is 1.95 bits per heavy atom. The van der Waals surface area contributed by atoms with Gasteiger partial charge in [0.15, 0.2) is 0 Å². The minimum atomic E-state index is 0.176. The summed E-state index contributed by atoms with van der Waals surface area (Å²) >= 11 is 0. The van der Waals surface area contributed by atoms with Gasteiger partial charge in [-0.25, -0.2) is 0 Å². The van der Waals surface area contributed by atoms with Crippen LogP contribution in [-0.2, 0) is 24.2 Å². The van der Waals surface area contributed by atoms with Crippen molar-refractivity contribution in [2.45, 2.75) is 32.4 Å². The van der Waals surface area contributed by atoms with E-state index in [-0.39, 0.29) is 11.9 Å². The molecule has 0 saturated heterocycles. The maximum atomic E-state index is 12.7. The first-order valence-electron chi connectivity index (χ1n) is 7.66. The lowest BCUT2D eigenvalue weighted by molar-refractivity contribution is -0.133. The second-order valence-electron chi connectivity index (χ2n) is 5.87. The lowest BCUT2D eigenvalue weighted by Gasteiger charge is -2.35. The zero-order valence-electron chi connectivity index (χ0n) is 13.1. The highest BCUT2D eigenvalue weighted by atomic mass is 16.5. The predicted molar refractivity (Wildman–Crippen MR) is 86.9 cm³/mol. The van der Waals surface area contributed by atoms with Crippen molar-refractivity contribution in [3.63, 3.8) is 0 Å². The van der Waals surface area contributed by atoms with Gasteiger partial charge in [0, 0.05) is 12.6 Å². The van der Waals surface area contributed by atoms with E-state index < -0.39 is 0 Å². The van der Waals surface area contributed by atoms with Crippen LogP contribution < -0.4 is 4.74 Å². The zero-order valence-corrected chi connectivity index (χ0v) is 13.1. The van der Waals surface area contributed by atoms with Crippen molar-refractivity contribution in [2.75, 3.05) is 7.11 Å². The van der Waals surface area contributed by atoms with Gasteiger partial charge >= 0.3 is 0 Å². The molecule has 1 unspecified atom stereocenters. The molecule has 0 aromatic heterocycles. The van der Waals surface area contributed by atoms with Crippen LogP contribution in [-0.4, -0.2) is 24.0 Å². The number of methoxy groups -OCH3 is 1. The van der Waals surface area contributed by atoms with Crippen molar-refractivity contribution in [3.8, 4) is 5.75 Å². The first kappa shape index (κ1) is 14.6. The Morgan fingerprint density at radius 1 is 1.18 bits per heavy atom. The third-order valence-corrected chi connectivity index (χ3v) is 4.32. The molecule has 2 aromatic carbocycles. The summed E-state index contributed by atoms with van der Waals surface area (Å²) in [6, 6.07) is 16.4. The number of carbonyl (C=O) groups is 1. The molecule has 0 N–H and O–H groups in total. The Morgan fingerprint density at radius 3 is 2.73 bits per heavy atom. The molecule has 1 heterocycles. The van der Waals surface area contributed by atoms with E-state index in [9.17, 15) is 4.79 Å². The zero-order chi connectivity index (χ0) is 15.5. The Balaban J connectivity index is 1.75. The summed E-state index contributed by atoms with van der Waals surface area (Å²) in [5.74, 6) is 0.970. The third kappa shape index (κ3) is 2.98. The van der Waals surface area contributed by atoms with Gasteiger partial charge in [-0.2, -0.15) is 0 Å². The number of ether oxygens (including phenoxy) is 1. The normalized spacial score (nSPS) is 17.0. The largest absolute Gasteiger partial charge is 0.497 e. The summed E-state index contributed by atoms with van der Waals surface area (Å²) in [4.78, 5) is 14.7. The van der Waals surface area contributed by atoms with Gasteiger partial charge in [0.2, 0.25) is 5.91 Å². The fourth-order valence-electron chi connectivity index (χ4n) is 3.07. The summed E-state index contributed by atoms with van der Waals surface area (Å²) in [6.45, 7) is 2.83. The molecule has 3 rings (SSSR count). The fourth-order valence-corrected chi connectivity index (χ4v) is 3.07. The van der Waals surface area contributed by atoms with Crippen LogP contribution in [0.15, 0.2) is 48.5 Å². The average molecular weight is 295 g/mol. The highest BCUT2D eigenvalue weighted by Gasteiger charge is 2.26. The first-order chi connectivity index (χ1) is 10.7. The summed E-state index contributed by atoms with van der Waals surface area (Å²) < 4.78 is 5.22. The topological polar surface area (TPSA) is 29.5 Å². The van der Waals surface area contributed by atoms with Gasteiger partial charge in [-0.15, -0.1) is 0 Å². The number of rotatable bonds is 3. The summed E-state index contributed by atoms with van der Waals surface area (Å²) in [5, 5.41) is 0. The Labute approximate surface area is 131 Å². The molecule has 22 heavy (non-hydrogen) atoms. The molecule has 0 bridgehead atoms. The van der Waals surface area contributed by atoms with E-state index in [1.165, 1.54) is 11.1 Å². The van der Waals surface area contributed by atoms with E-state index in [2.05, 4.69) is 25.1 Å². The van der Waals surface area contributed by atoms with Crippen molar-refractivity contribution in [3.05, 3.63) is 65.2 Å². The van der Waals surface area contributed by atoms with E-state index in [0.29, 0.717) is 13.0 Å². The van der Waals surface area contributed by atoms with E-state index >= 15 is 0 Å². The second-order valence-corrected chi connectivity index (χ2v) is 5.87. The molecule has 0 saturated carbocycles. The van der Waals surface area contributed by atoms with Crippen LogP contribution in [0.3, 0.4) is 0 Å². The van der Waals surface area contributed by atoms with Gasteiger partial charge in [-0.05, 0) is 42.2 Å². The van der Waals surface area contributed by atoms with Crippen molar-refractivity contribution in [1.82, 2.24) is 4.90 Å². The number of amides is 1. The lowest BCUT2D eigenvalue weighted by Crippen LogP contribution is -2.43. The van der Waals surface area contributed by atoms with Crippen LogP contribution in [0.25, 0.3) is 0 Å². The molecule has 3 heteroatoms. The Hall–Kier alpha value is -2.29. The summed E-state index contributed by atoms with van der Waals surface area (Å²) in [6.07, 6.45) is 1.35. The molecule has 1 aliphatic heterocycles. The van der Waals surface area contributed by atoms with E-state index in [1.54, 1.807) is 7.11 Å². The van der Waals surface area contributed by atoms with Crippen molar-refractivity contribution in [2.24, 2.45) is 0 Å². The number of hydrogen-bond acceptors (Lipinski definition) is 2. The second kappa shape index (κ2) is 6.22. The van der Waals surface area contributed by atoms with E-state index in [1.807, 2.05) is 35.2 Å². The predicted octanol–water partition coefficient (Wildman–Crippen LogP) is 3.21. The fraction of sp³-hybridized carbons (Fsp3) is 0.316. The molecule has 0 aliphatic carbocycles. The Kier molecular flexibility index (Phi) is 4.14. The molecular formula is C19H21NO2. The maximum absolute atomic E-state index is 12.7. The standard InChI is InChI=1S/C19H21NO2/c1-14-10-16-7-3-4-8-17(16)13-20(14)19(21)12-15-6-5-9-18(11-15)22-2/h3-9,11,14H,10,12-13H2,1-2H3. The van der Waals surface area contributed by atoms with Gasteiger partial charge in [0.05, 0.1) is 13.5 Å². The summed E-state index contributed by atoms with van der Waals surface area (Å²) in [7, 11) is 1.64. The Bertz CT molecular complexity index is 681. The quantitative estimate of drug-likeness (QED) is 0.870. The number of nitrogens with zero attached hydrogens (tertiary/aromatic N) is 1. The first-order valence-corrected chi connectivity index (χ1v) is 7.66. The lowest BCUT2D eigenvalue weighted by atomic mass is 9.94. The molecule has 3 nitrogen and oxygen atoms in total. The van der Waals surface area contributed by atoms with Crippen LogP contribution in [0.4, 0.5) is 0 Å². The van der Waals surface area contributed by atoms with Crippen LogP contribution in [0.1, 0.15) is 23.6 Å². The highest BCUT2D eigenvalue weighted by molar-refractivity contribution is 5.79. The smallest absolute Gasteiger partial charge is 0.227 e. The average Bonchev–Trinajstić information content (AvgIpc) is 2.54. The molecule has 1 amide bonds. The molecule has 1 atom stereocenters. The molecule has 114 valence electrons. The number of fused-ring (bicyclic) bond motifs is 1. The van der Waals surface area contributed by atoms with Crippen molar-refractivity contribution >= 4 is 5.91 Å². The maximum Gasteiger partial charge on any atom is 0.227 e. The molecule has 2 aromatic rings. The van der Waals surface area contributed by atoms with Gasteiger partial charge in [-0.1, -0.05) is 36.4 Å². The van der Waals surface area contributed by atoms with Crippen LogP contribution in [0, 0.1) is 0 Å². The van der Waals surface area contributed by atoms with Crippen LogP contribution in [0.5, 0.6) is 5.75 Å². The molecule has 0 fully saturated rings. The number of carbonyl (C=O) groups excluding carboxylic acids is 1. The SMILES string of the molecule is COc1cccc(CC(=O)N2Cc3ccccc3CC2C)c1. The van der Waals surface area contributed by atoms with Crippen LogP contribution in [0.2, 0.25) is 0 Å².